The van der Waals surface area contributed by atoms with E-state index >= 15 is 0 Å². The number of carbonyl (C=O) groups is 1. The Morgan fingerprint density at radius 2 is 2.00 bits per heavy atom. The standard InChI is InChI=1S/C13H13ClF3NOS/c14-9-3-8(13(15,16)17)4-10(5-9)18-11(19)6-12(7-20)1-2-12/h3-5,20H,1-2,6-7H2,(H,18,19). The molecular formula is C13H13ClF3NOS. The molecule has 1 fully saturated rings. The van der Waals surface area contributed by atoms with Gasteiger partial charge < -0.3 is 5.32 Å². The zero-order chi connectivity index (χ0) is 15.0. The number of amides is 1. The van der Waals surface area contributed by atoms with Crippen molar-refractivity contribution in [2.24, 2.45) is 5.41 Å². The largest absolute Gasteiger partial charge is 0.416 e. The summed E-state index contributed by atoms with van der Waals surface area (Å²) in [7, 11) is 0. The molecule has 110 valence electrons. The molecule has 0 atom stereocenters. The predicted octanol–water partition coefficient (Wildman–Crippen LogP) is 4.40. The number of carbonyl (C=O) groups excluding carboxylic acids is 1. The number of rotatable bonds is 4. The molecule has 0 bridgehead atoms. The van der Waals surface area contributed by atoms with E-state index in [0.29, 0.717) is 5.75 Å². The van der Waals surface area contributed by atoms with Crippen LogP contribution < -0.4 is 5.32 Å². The van der Waals surface area contributed by atoms with Crippen molar-refractivity contribution in [3.63, 3.8) is 0 Å². The topological polar surface area (TPSA) is 29.1 Å². The molecule has 1 saturated carbocycles. The third-order valence-electron chi connectivity index (χ3n) is 3.34. The molecule has 0 heterocycles. The fraction of sp³-hybridized carbons (Fsp3) is 0.462. The second kappa shape index (κ2) is 5.48. The lowest BCUT2D eigenvalue weighted by molar-refractivity contribution is -0.137. The number of anilines is 1. The Labute approximate surface area is 125 Å². The van der Waals surface area contributed by atoms with Crippen LogP contribution in [0.2, 0.25) is 5.02 Å². The summed E-state index contributed by atoms with van der Waals surface area (Å²) in [5.74, 6) is 0.288. The summed E-state index contributed by atoms with van der Waals surface area (Å²) >= 11 is 9.83. The lowest BCUT2D eigenvalue weighted by atomic mass is 10.0. The Morgan fingerprint density at radius 1 is 1.35 bits per heavy atom. The summed E-state index contributed by atoms with van der Waals surface area (Å²) in [6.07, 6.45) is -2.38. The van der Waals surface area contributed by atoms with Crippen LogP contribution in [0.15, 0.2) is 18.2 Å². The molecule has 0 aliphatic heterocycles. The van der Waals surface area contributed by atoms with Crippen molar-refractivity contribution in [1.29, 1.82) is 0 Å². The number of halogens is 4. The van der Waals surface area contributed by atoms with Crippen molar-refractivity contribution in [2.75, 3.05) is 11.1 Å². The van der Waals surface area contributed by atoms with E-state index in [1.807, 2.05) is 0 Å². The number of hydrogen-bond acceptors (Lipinski definition) is 2. The van der Waals surface area contributed by atoms with Crippen LogP contribution in [0.25, 0.3) is 0 Å². The first-order valence-corrected chi connectivity index (χ1v) is 7.04. The zero-order valence-corrected chi connectivity index (χ0v) is 12.1. The van der Waals surface area contributed by atoms with Gasteiger partial charge in [-0.1, -0.05) is 11.6 Å². The molecule has 0 unspecified atom stereocenters. The fourth-order valence-corrected chi connectivity index (χ4v) is 2.60. The molecule has 0 radical (unpaired) electrons. The first-order chi connectivity index (χ1) is 9.24. The number of hydrogen-bond donors (Lipinski definition) is 2. The van der Waals surface area contributed by atoms with Crippen LogP contribution in [0.4, 0.5) is 18.9 Å². The van der Waals surface area contributed by atoms with E-state index < -0.39 is 11.7 Å². The molecule has 2 nitrogen and oxygen atoms in total. The average molecular weight is 324 g/mol. The molecule has 7 heteroatoms. The third kappa shape index (κ3) is 3.82. The van der Waals surface area contributed by atoms with Crippen LogP contribution in [-0.2, 0) is 11.0 Å². The van der Waals surface area contributed by atoms with E-state index in [9.17, 15) is 18.0 Å². The number of thiol groups is 1. The lowest BCUT2D eigenvalue weighted by Crippen LogP contribution is -2.18. The monoisotopic (exact) mass is 323 g/mol. The molecule has 1 N–H and O–H groups in total. The second-order valence-electron chi connectivity index (χ2n) is 5.11. The van der Waals surface area contributed by atoms with Gasteiger partial charge in [-0.25, -0.2) is 0 Å². The Morgan fingerprint density at radius 3 is 2.50 bits per heavy atom. The van der Waals surface area contributed by atoms with Gasteiger partial charge in [0.2, 0.25) is 5.91 Å². The average Bonchev–Trinajstić information content (AvgIpc) is 3.07. The minimum absolute atomic E-state index is 0.0600. The quantitative estimate of drug-likeness (QED) is 0.790. The van der Waals surface area contributed by atoms with Crippen molar-refractivity contribution in [1.82, 2.24) is 0 Å². The maximum atomic E-state index is 12.6. The molecule has 2 rings (SSSR count). The van der Waals surface area contributed by atoms with Gasteiger partial charge in [0, 0.05) is 17.1 Å². The number of nitrogens with one attached hydrogen (secondary N) is 1. The highest BCUT2D eigenvalue weighted by atomic mass is 35.5. The van der Waals surface area contributed by atoms with Gasteiger partial charge in [0.15, 0.2) is 0 Å². The van der Waals surface area contributed by atoms with E-state index in [-0.39, 0.29) is 28.5 Å². The zero-order valence-electron chi connectivity index (χ0n) is 10.4. The molecule has 1 aromatic carbocycles. The highest BCUT2D eigenvalue weighted by Crippen LogP contribution is 2.49. The van der Waals surface area contributed by atoms with Gasteiger partial charge in [0.25, 0.3) is 0 Å². The lowest BCUT2D eigenvalue weighted by Gasteiger charge is -2.13. The van der Waals surface area contributed by atoms with E-state index in [0.717, 1.165) is 25.0 Å². The summed E-state index contributed by atoms with van der Waals surface area (Å²) in [5.41, 5.74) is -0.904. The van der Waals surface area contributed by atoms with Gasteiger partial charge in [-0.3, -0.25) is 4.79 Å². The molecule has 0 aromatic heterocycles. The van der Waals surface area contributed by atoms with Crippen molar-refractivity contribution in [3.05, 3.63) is 28.8 Å². The third-order valence-corrected chi connectivity index (χ3v) is 4.23. The van der Waals surface area contributed by atoms with E-state index in [1.54, 1.807) is 0 Å². The van der Waals surface area contributed by atoms with E-state index in [1.165, 1.54) is 6.07 Å². The van der Waals surface area contributed by atoms with Gasteiger partial charge in [0.1, 0.15) is 0 Å². The van der Waals surface area contributed by atoms with Crippen molar-refractivity contribution in [2.45, 2.75) is 25.4 Å². The smallest absolute Gasteiger partial charge is 0.326 e. The van der Waals surface area contributed by atoms with Gasteiger partial charge >= 0.3 is 6.18 Å². The summed E-state index contributed by atoms with van der Waals surface area (Å²) in [4.78, 5) is 11.8. The SMILES string of the molecule is O=C(CC1(CS)CC1)Nc1cc(Cl)cc(C(F)(F)F)c1. The maximum absolute atomic E-state index is 12.6. The van der Waals surface area contributed by atoms with Crippen LogP contribution in [0.5, 0.6) is 0 Å². The van der Waals surface area contributed by atoms with Crippen LogP contribution >= 0.6 is 24.2 Å². The van der Waals surface area contributed by atoms with Crippen molar-refractivity contribution < 1.29 is 18.0 Å². The van der Waals surface area contributed by atoms with Crippen LogP contribution in [0, 0.1) is 5.41 Å². The normalized spacial score (nSPS) is 16.9. The maximum Gasteiger partial charge on any atom is 0.416 e. The first-order valence-electron chi connectivity index (χ1n) is 6.03. The Hall–Kier alpha value is -0.880. The van der Waals surface area contributed by atoms with E-state index in [4.69, 9.17) is 11.6 Å². The molecule has 1 amide bonds. The van der Waals surface area contributed by atoms with Crippen LogP contribution in [0.1, 0.15) is 24.8 Å². The Balaban J connectivity index is 2.09. The summed E-state index contributed by atoms with van der Waals surface area (Å²) < 4.78 is 37.9. The second-order valence-corrected chi connectivity index (χ2v) is 5.86. The highest BCUT2D eigenvalue weighted by Gasteiger charge is 2.42. The molecule has 1 aromatic rings. The van der Waals surface area contributed by atoms with Crippen LogP contribution in [-0.4, -0.2) is 11.7 Å². The minimum atomic E-state index is -4.49. The summed E-state index contributed by atoms with van der Waals surface area (Å²) in [6, 6.07) is 3.01. The molecule has 1 aliphatic carbocycles. The van der Waals surface area contributed by atoms with Gasteiger partial charge in [-0.05, 0) is 42.2 Å². The summed E-state index contributed by atoms with van der Waals surface area (Å²) in [5, 5.41) is 2.40. The van der Waals surface area contributed by atoms with Gasteiger partial charge in [-0.2, -0.15) is 25.8 Å². The van der Waals surface area contributed by atoms with E-state index in [2.05, 4.69) is 17.9 Å². The summed E-state index contributed by atoms with van der Waals surface area (Å²) in [6.45, 7) is 0. The molecule has 0 saturated heterocycles. The first kappa shape index (κ1) is 15.5. The number of alkyl halides is 3. The number of benzene rings is 1. The highest BCUT2D eigenvalue weighted by molar-refractivity contribution is 7.80. The van der Waals surface area contributed by atoms with Crippen LogP contribution in [0.3, 0.4) is 0 Å². The van der Waals surface area contributed by atoms with Crippen molar-refractivity contribution >= 4 is 35.8 Å². The molecule has 1 aliphatic rings. The fourth-order valence-electron chi connectivity index (χ4n) is 1.94. The molecular weight excluding hydrogens is 311 g/mol. The predicted molar refractivity (Wildman–Crippen MR) is 75.2 cm³/mol. The van der Waals surface area contributed by atoms with Gasteiger partial charge in [-0.15, -0.1) is 0 Å². The minimum Gasteiger partial charge on any atom is -0.326 e. The van der Waals surface area contributed by atoms with Gasteiger partial charge in [0.05, 0.1) is 5.56 Å². The molecule has 0 spiro atoms. The molecule has 20 heavy (non-hydrogen) atoms. The van der Waals surface area contributed by atoms with Crippen molar-refractivity contribution in [3.8, 4) is 0 Å². The Bertz CT molecular complexity index is 529. The Kier molecular flexibility index (Phi) is 4.25.